The lowest BCUT2D eigenvalue weighted by Gasteiger charge is -2.20. The van der Waals surface area contributed by atoms with E-state index in [4.69, 9.17) is 10.2 Å². The number of rotatable bonds is 5. The van der Waals surface area contributed by atoms with Crippen molar-refractivity contribution in [1.82, 2.24) is 4.90 Å². The fourth-order valence-electron chi connectivity index (χ4n) is 1.34. The maximum atomic E-state index is 11.8. The molecule has 0 saturated heterocycles. The Bertz CT molecular complexity index is 320. The fourth-order valence-corrected chi connectivity index (χ4v) is 1.34. The Balaban J connectivity index is 2.42. The Morgan fingerprint density at radius 1 is 1.56 bits per heavy atom. The summed E-state index contributed by atoms with van der Waals surface area (Å²) in [6.07, 6.45) is 3.64. The van der Waals surface area contributed by atoms with Crippen LogP contribution in [0.3, 0.4) is 0 Å². The van der Waals surface area contributed by atoms with Crippen LogP contribution in [0.2, 0.25) is 0 Å². The molecule has 1 atom stereocenters. The number of nitrogens with two attached hydrogens (primary N) is 1. The maximum Gasteiger partial charge on any atom is 0.224 e. The van der Waals surface area contributed by atoms with E-state index in [2.05, 4.69) is 0 Å². The number of nitrogens with zero attached hydrogens (tertiary/aromatic N) is 1. The average Bonchev–Trinajstić information content (AvgIpc) is 2.69. The summed E-state index contributed by atoms with van der Waals surface area (Å²) in [4.78, 5) is 13.5. The van der Waals surface area contributed by atoms with Gasteiger partial charge in [-0.3, -0.25) is 4.79 Å². The molecule has 1 aromatic heterocycles. The van der Waals surface area contributed by atoms with Crippen LogP contribution in [0.25, 0.3) is 0 Å². The summed E-state index contributed by atoms with van der Waals surface area (Å²) >= 11 is 0. The first-order chi connectivity index (χ1) is 7.50. The molecule has 0 bridgehead atoms. The van der Waals surface area contributed by atoms with Gasteiger partial charge >= 0.3 is 0 Å². The summed E-state index contributed by atoms with van der Waals surface area (Å²) in [6, 6.07) is 1.78. The predicted octanol–water partition coefficient (Wildman–Crippen LogP) is 1.61. The fraction of sp³-hybridized carbons (Fsp3) is 0.583. The van der Waals surface area contributed by atoms with E-state index in [0.29, 0.717) is 18.9 Å². The monoisotopic (exact) mass is 224 g/mol. The molecule has 2 N–H and O–H groups in total. The van der Waals surface area contributed by atoms with Gasteiger partial charge in [-0.25, -0.2) is 0 Å². The van der Waals surface area contributed by atoms with Crippen LogP contribution in [0.4, 0.5) is 0 Å². The van der Waals surface area contributed by atoms with E-state index in [9.17, 15) is 4.79 Å². The number of hydrogen-bond donors (Lipinski definition) is 1. The number of carbonyl (C=O) groups is 1. The van der Waals surface area contributed by atoms with E-state index in [1.54, 1.807) is 24.5 Å². The molecular weight excluding hydrogens is 204 g/mol. The highest BCUT2D eigenvalue weighted by atomic mass is 16.3. The van der Waals surface area contributed by atoms with Gasteiger partial charge < -0.3 is 15.1 Å². The Morgan fingerprint density at radius 2 is 2.25 bits per heavy atom. The molecule has 0 aliphatic heterocycles. The lowest BCUT2D eigenvalue weighted by atomic mass is 10.0. The van der Waals surface area contributed by atoms with Crippen LogP contribution in [0.15, 0.2) is 23.0 Å². The van der Waals surface area contributed by atoms with E-state index < -0.39 is 0 Å². The standard InChI is InChI=1S/C12H20N2O2/c1-9(2)11(13)6-12(15)14(3)7-10-4-5-16-8-10/h4-5,8-9,11H,6-7,13H2,1-3H3. The van der Waals surface area contributed by atoms with Gasteiger partial charge in [-0.15, -0.1) is 0 Å². The SMILES string of the molecule is CC(C)C(N)CC(=O)N(C)Cc1ccoc1. The molecule has 1 unspecified atom stereocenters. The molecule has 16 heavy (non-hydrogen) atoms. The van der Waals surface area contributed by atoms with Crippen molar-refractivity contribution in [1.29, 1.82) is 0 Å². The van der Waals surface area contributed by atoms with Crippen molar-refractivity contribution in [3.05, 3.63) is 24.2 Å². The minimum absolute atomic E-state index is 0.0701. The second-order valence-electron chi connectivity index (χ2n) is 4.49. The summed E-state index contributed by atoms with van der Waals surface area (Å²) in [5.74, 6) is 0.397. The van der Waals surface area contributed by atoms with Crippen molar-refractivity contribution in [2.45, 2.75) is 32.9 Å². The van der Waals surface area contributed by atoms with Gasteiger partial charge in [0.05, 0.1) is 12.5 Å². The molecule has 1 heterocycles. The van der Waals surface area contributed by atoms with E-state index >= 15 is 0 Å². The Hall–Kier alpha value is -1.29. The molecule has 0 saturated carbocycles. The summed E-state index contributed by atoms with van der Waals surface area (Å²) < 4.78 is 4.95. The normalized spacial score (nSPS) is 12.8. The van der Waals surface area contributed by atoms with Crippen molar-refractivity contribution in [3.63, 3.8) is 0 Å². The van der Waals surface area contributed by atoms with Crippen molar-refractivity contribution in [3.8, 4) is 0 Å². The summed E-state index contributed by atoms with van der Waals surface area (Å²) in [5.41, 5.74) is 6.86. The van der Waals surface area contributed by atoms with Crippen LogP contribution >= 0.6 is 0 Å². The summed E-state index contributed by atoms with van der Waals surface area (Å²) in [5, 5.41) is 0. The predicted molar refractivity (Wildman–Crippen MR) is 62.6 cm³/mol. The molecule has 4 nitrogen and oxygen atoms in total. The highest BCUT2D eigenvalue weighted by molar-refractivity contribution is 5.76. The first-order valence-corrected chi connectivity index (χ1v) is 5.51. The number of hydrogen-bond acceptors (Lipinski definition) is 3. The average molecular weight is 224 g/mol. The lowest BCUT2D eigenvalue weighted by Crippen LogP contribution is -2.35. The highest BCUT2D eigenvalue weighted by Crippen LogP contribution is 2.08. The molecule has 1 rings (SSSR count). The summed E-state index contributed by atoms with van der Waals surface area (Å²) in [6.45, 7) is 4.61. The lowest BCUT2D eigenvalue weighted by molar-refractivity contribution is -0.131. The van der Waals surface area contributed by atoms with Gasteiger partial charge in [-0.1, -0.05) is 13.8 Å². The van der Waals surface area contributed by atoms with E-state index in [1.165, 1.54) is 0 Å². The van der Waals surface area contributed by atoms with Gasteiger partial charge in [-0.05, 0) is 12.0 Å². The van der Waals surface area contributed by atoms with Crippen molar-refractivity contribution < 1.29 is 9.21 Å². The van der Waals surface area contributed by atoms with Crippen LogP contribution in [0, 0.1) is 5.92 Å². The summed E-state index contributed by atoms with van der Waals surface area (Å²) in [7, 11) is 1.78. The van der Waals surface area contributed by atoms with Gasteiger partial charge in [0, 0.05) is 31.6 Å². The molecule has 0 aromatic carbocycles. The van der Waals surface area contributed by atoms with Crippen molar-refractivity contribution >= 4 is 5.91 Å². The number of carbonyl (C=O) groups excluding carboxylic acids is 1. The largest absolute Gasteiger partial charge is 0.472 e. The smallest absolute Gasteiger partial charge is 0.224 e. The van der Waals surface area contributed by atoms with Crippen LogP contribution in [0.5, 0.6) is 0 Å². The Kier molecular flexibility index (Phi) is 4.55. The quantitative estimate of drug-likeness (QED) is 0.826. The van der Waals surface area contributed by atoms with E-state index in [0.717, 1.165) is 5.56 Å². The molecule has 0 aliphatic carbocycles. The first kappa shape index (κ1) is 12.8. The zero-order valence-electron chi connectivity index (χ0n) is 10.1. The van der Waals surface area contributed by atoms with E-state index in [-0.39, 0.29) is 11.9 Å². The molecule has 90 valence electrons. The maximum absolute atomic E-state index is 11.8. The minimum atomic E-state index is -0.0701. The number of amides is 1. The second-order valence-corrected chi connectivity index (χ2v) is 4.49. The zero-order valence-corrected chi connectivity index (χ0v) is 10.1. The molecule has 1 aromatic rings. The van der Waals surface area contributed by atoms with Crippen LogP contribution in [0.1, 0.15) is 25.8 Å². The molecule has 0 aliphatic rings. The van der Waals surface area contributed by atoms with Gasteiger partial charge in [0.25, 0.3) is 0 Å². The molecule has 0 radical (unpaired) electrons. The second kappa shape index (κ2) is 5.70. The molecule has 0 spiro atoms. The Morgan fingerprint density at radius 3 is 2.75 bits per heavy atom. The van der Waals surface area contributed by atoms with Gasteiger partial charge in [0.15, 0.2) is 0 Å². The molecule has 1 amide bonds. The van der Waals surface area contributed by atoms with Crippen LogP contribution in [-0.4, -0.2) is 23.9 Å². The molecule has 4 heteroatoms. The number of furan rings is 1. The first-order valence-electron chi connectivity index (χ1n) is 5.51. The van der Waals surface area contributed by atoms with Crippen molar-refractivity contribution in [2.24, 2.45) is 11.7 Å². The topological polar surface area (TPSA) is 59.5 Å². The van der Waals surface area contributed by atoms with E-state index in [1.807, 2.05) is 19.9 Å². The van der Waals surface area contributed by atoms with Crippen LogP contribution < -0.4 is 5.73 Å². The third-order valence-corrected chi connectivity index (χ3v) is 2.69. The Labute approximate surface area is 96.4 Å². The van der Waals surface area contributed by atoms with Gasteiger partial charge in [-0.2, -0.15) is 0 Å². The molecular formula is C12H20N2O2. The van der Waals surface area contributed by atoms with Gasteiger partial charge in [0.2, 0.25) is 5.91 Å². The van der Waals surface area contributed by atoms with Crippen molar-refractivity contribution in [2.75, 3.05) is 7.05 Å². The third-order valence-electron chi connectivity index (χ3n) is 2.69. The van der Waals surface area contributed by atoms with Gasteiger partial charge in [0.1, 0.15) is 0 Å². The highest BCUT2D eigenvalue weighted by Gasteiger charge is 2.16. The minimum Gasteiger partial charge on any atom is -0.472 e. The zero-order chi connectivity index (χ0) is 12.1. The third kappa shape index (κ3) is 3.70. The molecule has 0 fully saturated rings. The van der Waals surface area contributed by atoms with Crippen LogP contribution in [-0.2, 0) is 11.3 Å².